The minimum Gasteiger partial charge on any atom is -0.478 e. The third-order valence-electron chi connectivity index (χ3n) is 2.23. The molecule has 5 nitrogen and oxygen atoms in total. The largest absolute Gasteiger partial charge is 0.478 e. The average Bonchev–Trinajstić information content (AvgIpc) is 2.27. The van der Waals surface area contributed by atoms with Crippen LogP contribution in [-0.2, 0) is 0 Å². The summed E-state index contributed by atoms with van der Waals surface area (Å²) in [4.78, 5) is 10.7. The molecular weight excluding hydrogens is 246 g/mol. The highest BCUT2D eigenvalue weighted by Crippen LogP contribution is 2.24. The van der Waals surface area contributed by atoms with Gasteiger partial charge in [-0.1, -0.05) is 17.7 Å². The fourth-order valence-corrected chi connectivity index (χ4v) is 1.59. The molecule has 0 radical (unpaired) electrons. The summed E-state index contributed by atoms with van der Waals surface area (Å²) in [6.45, 7) is 0. The van der Waals surface area contributed by atoms with Gasteiger partial charge in [0.25, 0.3) is 0 Å². The van der Waals surface area contributed by atoms with Crippen molar-refractivity contribution in [1.29, 1.82) is 5.26 Å². The zero-order valence-electron chi connectivity index (χ0n) is 8.67. The lowest BCUT2D eigenvalue weighted by molar-refractivity contribution is 0.0216. The summed E-state index contributed by atoms with van der Waals surface area (Å²) in [5, 5.41) is 36.2. The monoisotopic (exact) mass is 255 g/mol. The Morgan fingerprint density at radius 1 is 1.47 bits per heavy atom. The van der Waals surface area contributed by atoms with Crippen LogP contribution in [0.25, 0.3) is 0 Å². The van der Waals surface area contributed by atoms with Crippen molar-refractivity contribution >= 4 is 17.6 Å². The predicted octanol–water partition coefficient (Wildman–Crippen LogP) is 1.35. The molecule has 0 saturated carbocycles. The molecule has 0 saturated heterocycles. The van der Waals surface area contributed by atoms with E-state index in [0.29, 0.717) is 0 Å². The number of aromatic carboxylic acids is 1. The van der Waals surface area contributed by atoms with Crippen molar-refractivity contribution in [3.63, 3.8) is 0 Å². The van der Waals surface area contributed by atoms with Crippen molar-refractivity contribution in [2.45, 2.75) is 18.6 Å². The SMILES string of the molecule is N#CCC(O)C(O)c1ccc(C(=O)O)c(Cl)c1. The van der Waals surface area contributed by atoms with E-state index in [4.69, 9.17) is 22.0 Å². The lowest BCUT2D eigenvalue weighted by Crippen LogP contribution is -2.17. The molecule has 2 unspecified atom stereocenters. The minimum atomic E-state index is -1.27. The van der Waals surface area contributed by atoms with Gasteiger partial charge >= 0.3 is 5.97 Å². The van der Waals surface area contributed by atoms with E-state index in [1.807, 2.05) is 0 Å². The van der Waals surface area contributed by atoms with Crippen LogP contribution >= 0.6 is 11.6 Å². The standard InChI is InChI=1S/C11H10ClNO4/c12-8-5-6(1-2-7(8)11(16)17)10(15)9(14)3-4-13/h1-2,5,9-10,14-15H,3H2,(H,16,17). The first kappa shape index (κ1) is 13.5. The van der Waals surface area contributed by atoms with E-state index in [9.17, 15) is 15.0 Å². The molecule has 90 valence electrons. The van der Waals surface area contributed by atoms with Crippen LogP contribution in [0.5, 0.6) is 0 Å². The minimum absolute atomic E-state index is 0.0294. The highest BCUT2D eigenvalue weighted by Gasteiger charge is 2.19. The van der Waals surface area contributed by atoms with Gasteiger partial charge in [0.1, 0.15) is 6.10 Å². The summed E-state index contributed by atoms with van der Waals surface area (Å²) in [5.41, 5.74) is 0.181. The number of carbonyl (C=O) groups is 1. The summed E-state index contributed by atoms with van der Waals surface area (Å²) in [6, 6.07) is 5.57. The number of carboxylic acids is 1. The first-order valence-corrected chi connectivity index (χ1v) is 5.11. The van der Waals surface area contributed by atoms with E-state index in [0.717, 1.165) is 0 Å². The molecule has 0 amide bonds. The van der Waals surface area contributed by atoms with Gasteiger partial charge in [0, 0.05) is 0 Å². The zero-order chi connectivity index (χ0) is 13.0. The van der Waals surface area contributed by atoms with Crippen molar-refractivity contribution < 1.29 is 20.1 Å². The van der Waals surface area contributed by atoms with Gasteiger partial charge in [-0.2, -0.15) is 5.26 Å². The van der Waals surface area contributed by atoms with Crippen LogP contribution in [0.3, 0.4) is 0 Å². The molecule has 0 aliphatic heterocycles. The van der Waals surface area contributed by atoms with Gasteiger partial charge in [0.05, 0.1) is 29.2 Å². The van der Waals surface area contributed by atoms with Crippen LogP contribution < -0.4 is 0 Å². The predicted molar refractivity (Wildman–Crippen MR) is 59.6 cm³/mol. The fourth-order valence-electron chi connectivity index (χ4n) is 1.32. The third-order valence-corrected chi connectivity index (χ3v) is 2.54. The van der Waals surface area contributed by atoms with Gasteiger partial charge < -0.3 is 15.3 Å². The van der Waals surface area contributed by atoms with Crippen molar-refractivity contribution in [2.24, 2.45) is 0 Å². The smallest absolute Gasteiger partial charge is 0.337 e. The Bertz CT molecular complexity index is 469. The number of nitriles is 1. The summed E-state index contributed by atoms with van der Waals surface area (Å²) >= 11 is 5.71. The number of aliphatic hydroxyl groups excluding tert-OH is 2. The molecule has 6 heteroatoms. The van der Waals surface area contributed by atoms with E-state index in [-0.39, 0.29) is 22.6 Å². The van der Waals surface area contributed by atoms with Crippen molar-refractivity contribution in [3.8, 4) is 6.07 Å². The zero-order valence-corrected chi connectivity index (χ0v) is 9.42. The van der Waals surface area contributed by atoms with Crippen LogP contribution in [0.15, 0.2) is 18.2 Å². The maximum Gasteiger partial charge on any atom is 0.337 e. The normalized spacial score (nSPS) is 13.8. The number of rotatable bonds is 4. The Balaban J connectivity index is 2.98. The van der Waals surface area contributed by atoms with E-state index < -0.39 is 18.2 Å². The molecule has 0 aromatic heterocycles. The number of halogens is 1. The molecule has 0 aliphatic rings. The highest BCUT2D eigenvalue weighted by atomic mass is 35.5. The number of aliphatic hydroxyl groups is 2. The Morgan fingerprint density at radius 2 is 2.12 bits per heavy atom. The Hall–Kier alpha value is -1.61. The van der Waals surface area contributed by atoms with Gasteiger partial charge in [-0.25, -0.2) is 4.79 Å². The second kappa shape index (κ2) is 5.64. The lowest BCUT2D eigenvalue weighted by Gasteiger charge is -2.16. The number of nitrogens with zero attached hydrogens (tertiary/aromatic N) is 1. The fraction of sp³-hybridized carbons (Fsp3) is 0.273. The van der Waals surface area contributed by atoms with E-state index in [1.165, 1.54) is 18.2 Å². The highest BCUT2D eigenvalue weighted by molar-refractivity contribution is 6.33. The Kier molecular flexibility index (Phi) is 4.46. The molecule has 0 spiro atoms. The quantitative estimate of drug-likeness (QED) is 0.754. The molecule has 1 aromatic carbocycles. The second-order valence-corrected chi connectivity index (χ2v) is 3.83. The average molecular weight is 256 g/mol. The molecule has 1 aromatic rings. The van der Waals surface area contributed by atoms with Gasteiger partial charge in [0.2, 0.25) is 0 Å². The second-order valence-electron chi connectivity index (χ2n) is 3.42. The maximum absolute atomic E-state index is 10.7. The van der Waals surface area contributed by atoms with E-state index in [2.05, 4.69) is 0 Å². The summed E-state index contributed by atoms with van der Waals surface area (Å²) in [5.74, 6) is -1.17. The first-order valence-electron chi connectivity index (χ1n) is 4.73. The molecule has 17 heavy (non-hydrogen) atoms. The molecule has 0 bridgehead atoms. The number of hydrogen-bond acceptors (Lipinski definition) is 4. The summed E-state index contributed by atoms with van der Waals surface area (Å²) in [6.07, 6.45) is -2.72. The van der Waals surface area contributed by atoms with Crippen LogP contribution in [0.4, 0.5) is 0 Å². The summed E-state index contributed by atoms with van der Waals surface area (Å²) in [7, 11) is 0. The maximum atomic E-state index is 10.7. The van der Waals surface area contributed by atoms with E-state index in [1.54, 1.807) is 6.07 Å². The summed E-state index contributed by atoms with van der Waals surface area (Å²) < 4.78 is 0. The molecule has 1 rings (SSSR count). The van der Waals surface area contributed by atoms with Gasteiger partial charge in [-0.05, 0) is 17.7 Å². The van der Waals surface area contributed by atoms with Crippen LogP contribution in [0.2, 0.25) is 5.02 Å². The number of hydrogen-bond donors (Lipinski definition) is 3. The number of benzene rings is 1. The number of carboxylic acid groups (broad SMARTS) is 1. The molecular formula is C11H10ClNO4. The molecule has 0 aliphatic carbocycles. The Labute approximate surface area is 102 Å². The molecule has 0 heterocycles. The van der Waals surface area contributed by atoms with Gasteiger partial charge in [-0.3, -0.25) is 0 Å². The topological polar surface area (TPSA) is 102 Å². The van der Waals surface area contributed by atoms with Crippen molar-refractivity contribution in [2.75, 3.05) is 0 Å². The van der Waals surface area contributed by atoms with E-state index >= 15 is 0 Å². The van der Waals surface area contributed by atoms with Gasteiger partial charge in [0.15, 0.2) is 0 Å². The molecule has 3 N–H and O–H groups in total. The molecule has 2 atom stereocenters. The van der Waals surface area contributed by atoms with Crippen LogP contribution in [-0.4, -0.2) is 27.4 Å². The lowest BCUT2D eigenvalue weighted by atomic mass is 10.0. The van der Waals surface area contributed by atoms with Crippen LogP contribution in [0.1, 0.15) is 28.4 Å². The van der Waals surface area contributed by atoms with Crippen molar-refractivity contribution in [3.05, 3.63) is 34.3 Å². The molecule has 0 fully saturated rings. The Morgan fingerprint density at radius 3 is 2.59 bits per heavy atom. The first-order chi connectivity index (χ1) is 7.97. The van der Waals surface area contributed by atoms with Crippen molar-refractivity contribution in [1.82, 2.24) is 0 Å². The third kappa shape index (κ3) is 3.17. The van der Waals surface area contributed by atoms with Gasteiger partial charge in [-0.15, -0.1) is 0 Å². The van der Waals surface area contributed by atoms with Crippen LogP contribution in [0, 0.1) is 11.3 Å².